The summed E-state index contributed by atoms with van der Waals surface area (Å²) < 4.78 is 38.3. The number of rotatable bonds is 6. The van der Waals surface area contributed by atoms with Crippen LogP contribution in [-0.2, 0) is 4.74 Å². The van der Waals surface area contributed by atoms with Crippen molar-refractivity contribution in [1.29, 1.82) is 0 Å². The van der Waals surface area contributed by atoms with Crippen molar-refractivity contribution in [1.82, 2.24) is 5.32 Å². The highest BCUT2D eigenvalue weighted by Crippen LogP contribution is 2.23. The molecule has 0 spiro atoms. The first-order valence-electron chi connectivity index (χ1n) is 7.25. The number of carbonyl (C=O) groups is 1. The second-order valence-electron chi connectivity index (χ2n) is 4.96. The van der Waals surface area contributed by atoms with Crippen molar-refractivity contribution in [3.63, 3.8) is 0 Å². The van der Waals surface area contributed by atoms with E-state index >= 15 is 0 Å². The van der Waals surface area contributed by atoms with Gasteiger partial charge in [-0.05, 0) is 12.6 Å². The summed E-state index contributed by atoms with van der Waals surface area (Å²) in [5.74, 6) is 0.0313. The van der Waals surface area contributed by atoms with Gasteiger partial charge in [0.15, 0.2) is 5.78 Å². The van der Waals surface area contributed by atoms with E-state index in [-0.39, 0.29) is 11.9 Å². The van der Waals surface area contributed by atoms with Crippen molar-refractivity contribution in [2.75, 3.05) is 14.2 Å². The van der Waals surface area contributed by atoms with Gasteiger partial charge in [-0.3, -0.25) is 4.79 Å². The van der Waals surface area contributed by atoms with Gasteiger partial charge < -0.3 is 10.1 Å². The molecule has 0 amide bonds. The van der Waals surface area contributed by atoms with Crippen LogP contribution in [0.4, 0.5) is 0 Å². The van der Waals surface area contributed by atoms with Crippen LogP contribution >= 0.6 is 0 Å². The van der Waals surface area contributed by atoms with Crippen molar-refractivity contribution in [2.24, 2.45) is 0 Å². The summed E-state index contributed by atoms with van der Waals surface area (Å²) in [6.45, 7) is 0. The Labute approximate surface area is 148 Å². The Hall–Kier alpha value is -1.84. The maximum absolute atomic E-state index is 12.6. The predicted molar refractivity (Wildman–Crippen MR) is 82.0 cm³/mol. The molecule has 0 bridgehead atoms. The SMILES string of the molecule is CNC(C(=O)c1ccccc1)C(OC)c1ccccc1.[O-][Cl+3]([O-])([O-])O. The fourth-order valence-electron chi connectivity index (χ4n) is 2.31. The van der Waals surface area contributed by atoms with Gasteiger partial charge in [-0.15, -0.1) is 0 Å². The van der Waals surface area contributed by atoms with Crippen molar-refractivity contribution in [2.45, 2.75) is 12.1 Å². The predicted octanol–water partition coefficient (Wildman–Crippen LogP) is -1.28. The van der Waals surface area contributed by atoms with Crippen LogP contribution < -0.4 is 19.3 Å². The second kappa shape index (κ2) is 10.2. The molecule has 2 unspecified atom stereocenters. The van der Waals surface area contributed by atoms with E-state index in [1.165, 1.54) is 0 Å². The molecule has 0 saturated heterocycles. The molecule has 8 heteroatoms. The van der Waals surface area contributed by atoms with Gasteiger partial charge in [0.1, 0.15) is 12.1 Å². The quantitative estimate of drug-likeness (QED) is 0.607. The number of benzene rings is 2. The summed E-state index contributed by atoms with van der Waals surface area (Å²) in [6.07, 6.45) is -0.311. The summed E-state index contributed by atoms with van der Waals surface area (Å²) in [5, 5.41) is 3.08. The summed E-state index contributed by atoms with van der Waals surface area (Å²) >= 11 is 0. The number of methoxy groups -OCH3 is 1. The minimum atomic E-state index is -4.69. The van der Waals surface area contributed by atoms with Crippen LogP contribution in [0, 0.1) is 10.2 Å². The molecule has 2 atom stereocenters. The Kier molecular flexibility index (Phi) is 8.67. The van der Waals surface area contributed by atoms with Crippen LogP contribution in [0.2, 0.25) is 0 Å². The van der Waals surface area contributed by atoms with E-state index in [4.69, 9.17) is 23.4 Å². The zero-order valence-corrected chi connectivity index (χ0v) is 14.6. The molecule has 2 rings (SSSR count). The summed E-state index contributed by atoms with van der Waals surface area (Å²) in [5.41, 5.74) is 1.67. The van der Waals surface area contributed by atoms with Gasteiger partial charge in [0, 0.05) is 12.7 Å². The second-order valence-corrected chi connectivity index (χ2v) is 5.75. The van der Waals surface area contributed by atoms with Crippen molar-refractivity contribution in [3.05, 3.63) is 71.8 Å². The van der Waals surface area contributed by atoms with Crippen molar-refractivity contribution < 1.29 is 38.4 Å². The van der Waals surface area contributed by atoms with E-state index in [0.717, 1.165) is 5.56 Å². The van der Waals surface area contributed by atoms with E-state index in [0.29, 0.717) is 5.56 Å². The van der Waals surface area contributed by atoms with Gasteiger partial charge in [0.2, 0.25) is 0 Å². The maximum atomic E-state index is 12.6. The number of halogens is 1. The molecule has 25 heavy (non-hydrogen) atoms. The molecule has 0 heterocycles. The van der Waals surface area contributed by atoms with Crippen LogP contribution in [0.3, 0.4) is 0 Å². The van der Waals surface area contributed by atoms with Crippen LogP contribution in [0.15, 0.2) is 60.7 Å². The monoisotopic (exact) mass is 369 g/mol. The third-order valence-electron chi connectivity index (χ3n) is 3.34. The lowest BCUT2D eigenvalue weighted by atomic mass is 9.95. The Morgan fingerprint density at radius 3 is 1.88 bits per heavy atom. The summed E-state index contributed by atoms with van der Waals surface area (Å²) in [4.78, 5) is 12.6. The van der Waals surface area contributed by atoms with E-state index < -0.39 is 16.3 Å². The van der Waals surface area contributed by atoms with E-state index in [2.05, 4.69) is 5.32 Å². The Balaban J connectivity index is 0.000000550. The molecule has 136 valence electrons. The average molecular weight is 370 g/mol. The highest BCUT2D eigenvalue weighted by molar-refractivity contribution is 6.00. The van der Waals surface area contributed by atoms with Crippen molar-refractivity contribution >= 4 is 5.78 Å². The lowest BCUT2D eigenvalue weighted by molar-refractivity contribution is -1.92. The highest BCUT2D eigenvalue weighted by Gasteiger charge is 2.28. The van der Waals surface area contributed by atoms with Gasteiger partial charge >= 0.3 is 0 Å². The first-order valence-corrected chi connectivity index (χ1v) is 8.51. The van der Waals surface area contributed by atoms with Gasteiger partial charge in [0.25, 0.3) is 0 Å². The number of hydrogen-bond donors (Lipinski definition) is 2. The highest BCUT2D eigenvalue weighted by atomic mass is 35.7. The number of ketones is 1. The molecule has 2 aromatic rings. The molecule has 2 aromatic carbocycles. The zero-order valence-electron chi connectivity index (χ0n) is 13.8. The van der Waals surface area contributed by atoms with Gasteiger partial charge in [-0.2, -0.15) is 14.0 Å². The largest absolute Gasteiger partial charge is 0.375 e. The number of hydrogen-bond acceptors (Lipinski definition) is 7. The minimum absolute atomic E-state index is 0.0313. The molecular formula is C17H20ClNO6. The molecule has 0 saturated carbocycles. The molecule has 0 aliphatic heterocycles. The third-order valence-corrected chi connectivity index (χ3v) is 3.34. The van der Waals surface area contributed by atoms with Gasteiger partial charge in [-0.1, -0.05) is 60.7 Å². The lowest BCUT2D eigenvalue weighted by Gasteiger charge is -2.25. The maximum Gasteiger partial charge on any atom is 0.182 e. The molecule has 0 radical (unpaired) electrons. The zero-order chi connectivity index (χ0) is 18.9. The number of nitrogens with one attached hydrogen (secondary N) is 1. The van der Waals surface area contributed by atoms with E-state index in [9.17, 15) is 4.79 Å². The smallest absolute Gasteiger partial charge is 0.182 e. The Morgan fingerprint density at radius 2 is 1.48 bits per heavy atom. The molecule has 7 nitrogen and oxygen atoms in total. The first-order chi connectivity index (χ1) is 11.8. The third kappa shape index (κ3) is 7.72. The fourth-order valence-corrected chi connectivity index (χ4v) is 2.31. The van der Waals surface area contributed by atoms with Crippen molar-refractivity contribution in [3.8, 4) is 0 Å². The molecule has 0 aromatic heterocycles. The molecule has 0 aliphatic carbocycles. The molecule has 0 fully saturated rings. The Bertz CT molecular complexity index is 627. The number of Topliss-reactive ketones (excluding diaryl/α,β-unsaturated/α-hetero) is 1. The number of carbonyl (C=O) groups excluding carboxylic acids is 1. The standard InChI is InChI=1S/C17H19NO2.ClHO4/c1-18-15(16(19)13-9-5-3-6-10-13)17(20-2)14-11-7-4-8-12-14;2-1(3,4)5/h3-12,15,17-18H,1-2H3;(H,2,3,4,5). The molecule has 0 aliphatic rings. The van der Waals surface area contributed by atoms with Gasteiger partial charge in [-0.25, -0.2) is 0 Å². The number of ether oxygens (including phenoxy) is 1. The summed E-state index contributed by atoms with van der Waals surface area (Å²) in [7, 11) is -1.29. The minimum Gasteiger partial charge on any atom is -0.375 e. The molecule has 2 N–H and O–H groups in total. The average Bonchev–Trinajstić information content (AvgIpc) is 2.59. The Morgan fingerprint density at radius 1 is 1.04 bits per heavy atom. The fraction of sp³-hybridized carbons (Fsp3) is 0.235. The number of likely N-dealkylation sites (N-methyl/N-ethyl adjacent to an activating group) is 1. The summed E-state index contributed by atoms with van der Waals surface area (Å²) in [6, 6.07) is 18.6. The first kappa shape index (κ1) is 21.2. The van der Waals surface area contributed by atoms with E-state index in [1.807, 2.05) is 60.7 Å². The lowest BCUT2D eigenvalue weighted by Crippen LogP contribution is -2.58. The molecular weight excluding hydrogens is 350 g/mol. The van der Waals surface area contributed by atoms with E-state index in [1.54, 1.807) is 14.2 Å². The van der Waals surface area contributed by atoms with Crippen LogP contribution in [0.5, 0.6) is 0 Å². The van der Waals surface area contributed by atoms with Crippen LogP contribution in [0.1, 0.15) is 22.0 Å². The van der Waals surface area contributed by atoms with Gasteiger partial charge in [0.05, 0.1) is 14.9 Å². The van der Waals surface area contributed by atoms with Crippen LogP contribution in [-0.4, -0.2) is 30.6 Å². The normalized spacial score (nSPS) is 13.4. The van der Waals surface area contributed by atoms with Crippen LogP contribution in [0.25, 0.3) is 0 Å². The topological polar surface area (TPSA) is 128 Å².